The number of carbonyl (C=O) groups excluding carboxylic acids is 1. The van der Waals surface area contributed by atoms with Crippen LogP contribution in [0.4, 0.5) is 0 Å². The van der Waals surface area contributed by atoms with Crippen LogP contribution < -0.4 is 5.32 Å². The first-order valence-electron chi connectivity index (χ1n) is 9.94. The summed E-state index contributed by atoms with van der Waals surface area (Å²) in [7, 11) is 1.98. The quantitative estimate of drug-likeness (QED) is 0.813. The fourth-order valence-corrected chi connectivity index (χ4v) is 4.07. The molecule has 2 aromatic rings. The fourth-order valence-electron chi connectivity index (χ4n) is 4.07. The molecule has 1 N–H and O–H groups in total. The van der Waals surface area contributed by atoms with Gasteiger partial charge in [0.1, 0.15) is 0 Å². The number of likely N-dealkylation sites (tertiary alicyclic amines) is 1. The zero-order valence-corrected chi connectivity index (χ0v) is 17.0. The first-order valence-corrected chi connectivity index (χ1v) is 9.94. The van der Waals surface area contributed by atoms with E-state index in [1.54, 1.807) is 0 Å². The second kappa shape index (κ2) is 8.57. The number of hydrogen-bond donors (Lipinski definition) is 1. The van der Waals surface area contributed by atoms with Crippen molar-refractivity contribution < 1.29 is 9.32 Å². The molecule has 0 spiro atoms. The summed E-state index contributed by atoms with van der Waals surface area (Å²) in [5.74, 6) is 1.11. The summed E-state index contributed by atoms with van der Waals surface area (Å²) in [6.45, 7) is 4.71. The average molecular weight is 393 g/mol. The van der Waals surface area contributed by atoms with Crippen LogP contribution in [0.15, 0.2) is 10.6 Å². The van der Waals surface area contributed by atoms with Crippen molar-refractivity contribution in [3.8, 4) is 0 Å². The minimum Gasteiger partial charge on any atom is -0.338 e. The number of rotatable bonds is 6. The Balaban J connectivity index is 0.00000210. The van der Waals surface area contributed by atoms with Gasteiger partial charge >= 0.3 is 0 Å². The molecule has 1 aliphatic heterocycles. The number of nitrogens with zero attached hydrogens (tertiary/aromatic N) is 3. The maximum Gasteiger partial charge on any atom is 0.259 e. The molecule has 2 fully saturated rings. The summed E-state index contributed by atoms with van der Waals surface area (Å²) < 4.78 is 5.52. The normalized spacial score (nSPS) is 19.9. The van der Waals surface area contributed by atoms with E-state index in [0.717, 1.165) is 74.1 Å². The van der Waals surface area contributed by atoms with Crippen LogP contribution in [0.25, 0.3) is 11.1 Å². The van der Waals surface area contributed by atoms with Crippen molar-refractivity contribution in [2.45, 2.75) is 51.4 Å². The summed E-state index contributed by atoms with van der Waals surface area (Å²) in [6.07, 6.45) is 6.31. The van der Waals surface area contributed by atoms with Crippen molar-refractivity contribution in [2.75, 3.05) is 26.7 Å². The predicted molar refractivity (Wildman–Crippen MR) is 108 cm³/mol. The SMILES string of the molecule is CCCc1noc2nc(C3CC3)cc(C(=O)N3CCCC(CNC)C3)c12.Cl. The summed E-state index contributed by atoms with van der Waals surface area (Å²) >= 11 is 0. The molecule has 4 rings (SSSR count). The Hall–Kier alpha value is -1.66. The monoisotopic (exact) mass is 392 g/mol. The number of nitrogens with one attached hydrogen (secondary N) is 1. The van der Waals surface area contributed by atoms with Crippen molar-refractivity contribution in [3.63, 3.8) is 0 Å². The van der Waals surface area contributed by atoms with Crippen LogP contribution >= 0.6 is 12.4 Å². The molecule has 1 saturated heterocycles. The van der Waals surface area contributed by atoms with Crippen LogP contribution in [0.5, 0.6) is 0 Å². The van der Waals surface area contributed by atoms with Gasteiger partial charge in [0, 0.05) is 24.7 Å². The summed E-state index contributed by atoms with van der Waals surface area (Å²) in [5.41, 5.74) is 3.13. The number of piperidine rings is 1. The summed E-state index contributed by atoms with van der Waals surface area (Å²) in [5, 5.41) is 8.30. The van der Waals surface area contributed by atoms with E-state index in [1.165, 1.54) is 6.42 Å². The Bertz CT molecular complexity index is 801. The Morgan fingerprint density at radius 3 is 2.89 bits per heavy atom. The van der Waals surface area contributed by atoms with Crippen LogP contribution in [0.3, 0.4) is 0 Å². The third kappa shape index (κ3) is 4.11. The van der Waals surface area contributed by atoms with Gasteiger partial charge in [-0.2, -0.15) is 0 Å². The van der Waals surface area contributed by atoms with Crippen molar-refractivity contribution in [2.24, 2.45) is 5.92 Å². The number of fused-ring (bicyclic) bond motifs is 1. The van der Waals surface area contributed by atoms with Gasteiger partial charge in [-0.25, -0.2) is 4.98 Å². The van der Waals surface area contributed by atoms with E-state index < -0.39 is 0 Å². The first kappa shape index (κ1) is 20.1. The molecule has 1 atom stereocenters. The van der Waals surface area contributed by atoms with Crippen molar-refractivity contribution in [1.82, 2.24) is 20.4 Å². The Morgan fingerprint density at radius 2 is 2.19 bits per heavy atom. The topological polar surface area (TPSA) is 71.3 Å². The summed E-state index contributed by atoms with van der Waals surface area (Å²) in [4.78, 5) is 20.1. The van der Waals surface area contributed by atoms with Crippen LogP contribution in [0.2, 0.25) is 0 Å². The molecule has 148 valence electrons. The van der Waals surface area contributed by atoms with E-state index in [9.17, 15) is 4.79 Å². The van der Waals surface area contributed by atoms with Crippen molar-refractivity contribution >= 4 is 29.4 Å². The number of carbonyl (C=O) groups is 1. The molecule has 1 aliphatic carbocycles. The number of hydrogen-bond acceptors (Lipinski definition) is 5. The standard InChI is InChI=1S/C20H28N4O2.ClH/c1-3-5-16-18-15(10-17(14-7-8-14)22-19(18)26-23-16)20(25)24-9-4-6-13(12-24)11-21-2;/h10,13-14,21H,3-9,11-12H2,1-2H3;1H. The highest BCUT2D eigenvalue weighted by molar-refractivity contribution is 6.06. The third-order valence-corrected chi connectivity index (χ3v) is 5.55. The van der Waals surface area contributed by atoms with E-state index in [4.69, 9.17) is 4.52 Å². The number of aromatic nitrogens is 2. The smallest absolute Gasteiger partial charge is 0.259 e. The average Bonchev–Trinajstić information content (AvgIpc) is 3.43. The third-order valence-electron chi connectivity index (χ3n) is 5.55. The minimum absolute atomic E-state index is 0. The van der Waals surface area contributed by atoms with Gasteiger partial charge in [-0.15, -0.1) is 12.4 Å². The molecule has 27 heavy (non-hydrogen) atoms. The Morgan fingerprint density at radius 1 is 1.37 bits per heavy atom. The van der Waals surface area contributed by atoms with Crippen LogP contribution in [0, 0.1) is 5.92 Å². The molecule has 1 saturated carbocycles. The lowest BCUT2D eigenvalue weighted by atomic mass is 9.96. The highest BCUT2D eigenvalue weighted by Gasteiger charge is 2.31. The van der Waals surface area contributed by atoms with E-state index in [-0.39, 0.29) is 18.3 Å². The van der Waals surface area contributed by atoms with Crippen LogP contribution in [0.1, 0.15) is 66.7 Å². The van der Waals surface area contributed by atoms with Gasteiger partial charge in [0.2, 0.25) is 0 Å². The molecule has 0 radical (unpaired) electrons. The molecule has 2 aliphatic rings. The van der Waals surface area contributed by atoms with Gasteiger partial charge in [0.15, 0.2) is 0 Å². The molecule has 0 bridgehead atoms. The number of pyridine rings is 1. The van der Waals surface area contributed by atoms with Gasteiger partial charge in [-0.3, -0.25) is 4.79 Å². The number of aryl methyl sites for hydroxylation is 1. The molecule has 0 aromatic carbocycles. The second-order valence-electron chi connectivity index (χ2n) is 7.75. The van der Waals surface area contributed by atoms with Crippen molar-refractivity contribution in [1.29, 1.82) is 0 Å². The van der Waals surface area contributed by atoms with Crippen LogP contribution in [-0.2, 0) is 6.42 Å². The summed E-state index contributed by atoms with van der Waals surface area (Å²) in [6, 6.07) is 2.01. The first-order chi connectivity index (χ1) is 12.7. The fraction of sp³-hybridized carbons (Fsp3) is 0.650. The molecule has 1 amide bonds. The lowest BCUT2D eigenvalue weighted by molar-refractivity contribution is 0.0676. The van der Waals surface area contributed by atoms with E-state index in [2.05, 4.69) is 22.4 Å². The van der Waals surface area contributed by atoms with Gasteiger partial charge in [-0.1, -0.05) is 18.5 Å². The van der Waals surface area contributed by atoms with Gasteiger partial charge in [0.25, 0.3) is 11.6 Å². The maximum absolute atomic E-state index is 13.4. The molecule has 6 nitrogen and oxygen atoms in total. The number of amides is 1. The zero-order valence-electron chi connectivity index (χ0n) is 16.2. The molecule has 7 heteroatoms. The van der Waals surface area contributed by atoms with Crippen molar-refractivity contribution in [3.05, 3.63) is 23.0 Å². The maximum atomic E-state index is 13.4. The van der Waals surface area contributed by atoms with Crippen LogP contribution in [-0.4, -0.2) is 47.6 Å². The Labute approximate surface area is 166 Å². The van der Waals surface area contributed by atoms with Gasteiger partial charge in [0.05, 0.1) is 16.6 Å². The van der Waals surface area contributed by atoms with E-state index in [0.29, 0.717) is 17.5 Å². The second-order valence-corrected chi connectivity index (χ2v) is 7.75. The lowest BCUT2D eigenvalue weighted by Crippen LogP contribution is -2.42. The number of halogens is 1. The highest BCUT2D eigenvalue weighted by Crippen LogP contribution is 2.41. The molecular formula is C20H29ClN4O2. The van der Waals surface area contributed by atoms with Gasteiger partial charge < -0.3 is 14.7 Å². The zero-order chi connectivity index (χ0) is 18.1. The Kier molecular flexibility index (Phi) is 6.37. The minimum atomic E-state index is 0. The van der Waals surface area contributed by atoms with E-state index in [1.807, 2.05) is 18.0 Å². The molecule has 3 heterocycles. The lowest BCUT2D eigenvalue weighted by Gasteiger charge is -2.33. The van der Waals surface area contributed by atoms with E-state index >= 15 is 0 Å². The highest BCUT2D eigenvalue weighted by atomic mass is 35.5. The molecule has 2 aromatic heterocycles. The van der Waals surface area contributed by atoms with Gasteiger partial charge in [-0.05, 0) is 57.7 Å². The molecular weight excluding hydrogens is 364 g/mol. The molecule has 1 unspecified atom stereocenters. The largest absolute Gasteiger partial charge is 0.338 e. The predicted octanol–water partition coefficient (Wildman–Crippen LogP) is 3.55.